The van der Waals surface area contributed by atoms with Crippen LogP contribution in [0.25, 0.3) is 0 Å². The van der Waals surface area contributed by atoms with Gasteiger partial charge in [0.1, 0.15) is 5.82 Å². The van der Waals surface area contributed by atoms with Crippen molar-refractivity contribution in [3.63, 3.8) is 0 Å². The van der Waals surface area contributed by atoms with Crippen LogP contribution in [0.15, 0.2) is 30.5 Å². The molecule has 0 fully saturated rings. The number of amides is 1. The highest BCUT2D eigenvalue weighted by Crippen LogP contribution is 2.13. The van der Waals surface area contributed by atoms with Crippen molar-refractivity contribution < 1.29 is 4.79 Å². The van der Waals surface area contributed by atoms with Gasteiger partial charge in [0.15, 0.2) is 5.82 Å². The monoisotopic (exact) mass is 271 g/mol. The van der Waals surface area contributed by atoms with Gasteiger partial charge in [-0.1, -0.05) is 13.3 Å². The number of hydrogen-bond acceptors (Lipinski definition) is 5. The van der Waals surface area contributed by atoms with Crippen LogP contribution in [0.5, 0.6) is 0 Å². The number of nitrogens with zero attached hydrogens (tertiary/aromatic N) is 3. The van der Waals surface area contributed by atoms with E-state index in [9.17, 15) is 4.79 Å². The van der Waals surface area contributed by atoms with Gasteiger partial charge in [0.05, 0.1) is 0 Å². The van der Waals surface area contributed by atoms with E-state index in [2.05, 4.69) is 32.7 Å². The SMILES string of the molecule is CCCc1cc(C(=O)Nc2cccnn2)cc(NC)n1. The first-order valence-electron chi connectivity index (χ1n) is 6.50. The molecule has 0 radical (unpaired) electrons. The number of rotatable bonds is 5. The summed E-state index contributed by atoms with van der Waals surface area (Å²) in [5, 5.41) is 13.2. The first kappa shape index (κ1) is 13.9. The summed E-state index contributed by atoms with van der Waals surface area (Å²) >= 11 is 0. The zero-order valence-corrected chi connectivity index (χ0v) is 11.6. The third-order valence-corrected chi connectivity index (χ3v) is 2.72. The van der Waals surface area contributed by atoms with Crippen molar-refractivity contribution in [1.82, 2.24) is 15.2 Å². The molecule has 0 aliphatic heterocycles. The van der Waals surface area contributed by atoms with Gasteiger partial charge >= 0.3 is 0 Å². The molecule has 0 bridgehead atoms. The maximum Gasteiger partial charge on any atom is 0.257 e. The van der Waals surface area contributed by atoms with Crippen LogP contribution in [0, 0.1) is 0 Å². The zero-order valence-electron chi connectivity index (χ0n) is 11.6. The largest absolute Gasteiger partial charge is 0.373 e. The highest BCUT2D eigenvalue weighted by Gasteiger charge is 2.10. The molecule has 2 rings (SSSR count). The van der Waals surface area contributed by atoms with Gasteiger partial charge < -0.3 is 10.6 Å². The molecule has 1 amide bonds. The van der Waals surface area contributed by atoms with Crippen LogP contribution in [0.1, 0.15) is 29.4 Å². The van der Waals surface area contributed by atoms with E-state index in [0.717, 1.165) is 18.5 Å². The van der Waals surface area contributed by atoms with Crippen molar-refractivity contribution in [2.24, 2.45) is 0 Å². The van der Waals surface area contributed by atoms with Gasteiger partial charge in [-0.15, -0.1) is 5.10 Å². The molecule has 6 nitrogen and oxygen atoms in total. The van der Waals surface area contributed by atoms with Crippen molar-refractivity contribution in [1.29, 1.82) is 0 Å². The average molecular weight is 271 g/mol. The van der Waals surface area contributed by atoms with Gasteiger partial charge in [0.2, 0.25) is 0 Å². The Morgan fingerprint density at radius 1 is 1.30 bits per heavy atom. The van der Waals surface area contributed by atoms with E-state index in [-0.39, 0.29) is 5.91 Å². The Bertz CT molecular complexity index is 585. The lowest BCUT2D eigenvalue weighted by molar-refractivity contribution is 0.102. The minimum absolute atomic E-state index is 0.221. The van der Waals surface area contributed by atoms with Gasteiger partial charge in [-0.3, -0.25) is 4.79 Å². The Morgan fingerprint density at radius 3 is 2.80 bits per heavy atom. The second-order valence-corrected chi connectivity index (χ2v) is 4.30. The van der Waals surface area contributed by atoms with Gasteiger partial charge in [0, 0.05) is 24.5 Å². The van der Waals surface area contributed by atoms with Gasteiger partial charge in [-0.25, -0.2) is 4.98 Å². The fraction of sp³-hybridized carbons (Fsp3) is 0.286. The van der Waals surface area contributed by atoms with Gasteiger partial charge in [-0.2, -0.15) is 5.10 Å². The van der Waals surface area contributed by atoms with Crippen molar-refractivity contribution in [3.8, 4) is 0 Å². The molecular formula is C14H17N5O. The number of anilines is 2. The molecule has 0 atom stereocenters. The fourth-order valence-corrected chi connectivity index (χ4v) is 1.79. The third kappa shape index (κ3) is 3.50. The summed E-state index contributed by atoms with van der Waals surface area (Å²) < 4.78 is 0. The van der Waals surface area contributed by atoms with Gasteiger partial charge in [-0.05, 0) is 30.7 Å². The van der Waals surface area contributed by atoms with E-state index in [1.54, 1.807) is 37.5 Å². The molecule has 0 aromatic carbocycles. The Balaban J connectivity index is 2.22. The molecule has 0 aliphatic carbocycles. The van der Waals surface area contributed by atoms with Crippen LogP contribution < -0.4 is 10.6 Å². The molecule has 20 heavy (non-hydrogen) atoms. The normalized spacial score (nSPS) is 10.1. The first-order chi connectivity index (χ1) is 9.72. The second kappa shape index (κ2) is 6.60. The molecule has 2 aromatic rings. The quantitative estimate of drug-likeness (QED) is 0.870. The van der Waals surface area contributed by atoms with Crippen LogP contribution >= 0.6 is 0 Å². The summed E-state index contributed by atoms with van der Waals surface area (Å²) in [7, 11) is 1.78. The van der Waals surface area contributed by atoms with E-state index in [0.29, 0.717) is 17.2 Å². The van der Waals surface area contributed by atoms with Crippen LogP contribution in [-0.4, -0.2) is 28.1 Å². The maximum absolute atomic E-state index is 12.2. The summed E-state index contributed by atoms with van der Waals surface area (Å²) in [6, 6.07) is 6.93. The minimum Gasteiger partial charge on any atom is -0.373 e. The van der Waals surface area contributed by atoms with Crippen LogP contribution in [-0.2, 0) is 6.42 Å². The molecule has 0 saturated heterocycles. The lowest BCUT2D eigenvalue weighted by atomic mass is 10.1. The lowest BCUT2D eigenvalue weighted by Crippen LogP contribution is -2.14. The molecule has 0 saturated carbocycles. The van der Waals surface area contributed by atoms with E-state index in [1.807, 2.05) is 0 Å². The average Bonchev–Trinajstić information content (AvgIpc) is 2.48. The molecule has 2 N–H and O–H groups in total. The lowest BCUT2D eigenvalue weighted by Gasteiger charge is -2.08. The molecule has 0 aliphatic rings. The summed E-state index contributed by atoms with van der Waals surface area (Å²) in [6.07, 6.45) is 3.37. The molecule has 0 spiro atoms. The minimum atomic E-state index is -0.221. The fourth-order valence-electron chi connectivity index (χ4n) is 1.79. The zero-order chi connectivity index (χ0) is 14.4. The summed E-state index contributed by atoms with van der Waals surface area (Å²) in [5.41, 5.74) is 1.45. The number of aromatic nitrogens is 3. The first-order valence-corrected chi connectivity index (χ1v) is 6.50. The smallest absolute Gasteiger partial charge is 0.257 e. The molecule has 0 unspecified atom stereocenters. The predicted octanol–water partition coefficient (Wildman–Crippen LogP) is 2.12. The van der Waals surface area contributed by atoms with Crippen molar-refractivity contribution >= 4 is 17.5 Å². The van der Waals surface area contributed by atoms with Crippen molar-refractivity contribution in [3.05, 3.63) is 41.7 Å². The number of carbonyl (C=O) groups is 1. The molecule has 2 heterocycles. The van der Waals surface area contributed by atoms with E-state index >= 15 is 0 Å². The highest BCUT2D eigenvalue weighted by molar-refractivity contribution is 6.04. The maximum atomic E-state index is 12.2. The number of nitrogens with one attached hydrogen (secondary N) is 2. The summed E-state index contributed by atoms with van der Waals surface area (Å²) in [6.45, 7) is 2.08. The van der Waals surface area contributed by atoms with Crippen LogP contribution in [0.2, 0.25) is 0 Å². The van der Waals surface area contributed by atoms with Crippen molar-refractivity contribution in [2.75, 3.05) is 17.7 Å². The number of carbonyl (C=O) groups excluding carboxylic acids is 1. The Morgan fingerprint density at radius 2 is 2.15 bits per heavy atom. The van der Waals surface area contributed by atoms with Crippen molar-refractivity contribution in [2.45, 2.75) is 19.8 Å². The van der Waals surface area contributed by atoms with E-state index in [4.69, 9.17) is 0 Å². The van der Waals surface area contributed by atoms with E-state index in [1.165, 1.54) is 0 Å². The number of pyridine rings is 1. The van der Waals surface area contributed by atoms with Crippen LogP contribution in [0.3, 0.4) is 0 Å². The van der Waals surface area contributed by atoms with Gasteiger partial charge in [0.25, 0.3) is 5.91 Å². The molecule has 2 aromatic heterocycles. The van der Waals surface area contributed by atoms with Crippen LogP contribution in [0.4, 0.5) is 11.6 Å². The molecule has 6 heteroatoms. The molecular weight excluding hydrogens is 254 g/mol. The Hall–Kier alpha value is -2.50. The summed E-state index contributed by atoms with van der Waals surface area (Å²) in [4.78, 5) is 16.6. The third-order valence-electron chi connectivity index (χ3n) is 2.72. The standard InChI is InChI=1S/C14H17N5O/c1-3-5-11-8-10(9-13(15-2)17-11)14(20)18-12-6-4-7-16-19-12/h4,6-9H,3,5H2,1-2H3,(H,15,17)(H,18,19,20). The Labute approximate surface area is 117 Å². The summed E-state index contributed by atoms with van der Waals surface area (Å²) in [5.74, 6) is 0.888. The highest BCUT2D eigenvalue weighted by atomic mass is 16.1. The predicted molar refractivity (Wildman–Crippen MR) is 77.8 cm³/mol. The second-order valence-electron chi connectivity index (χ2n) is 4.30. The number of aryl methyl sites for hydroxylation is 1. The molecule has 104 valence electrons. The topological polar surface area (TPSA) is 79.8 Å². The van der Waals surface area contributed by atoms with E-state index < -0.39 is 0 Å². The Kier molecular flexibility index (Phi) is 4.60. The number of hydrogen-bond donors (Lipinski definition) is 2.